The van der Waals surface area contributed by atoms with Crippen LogP contribution in [-0.2, 0) is 9.47 Å². The normalized spacial score (nSPS) is 27.5. The molecule has 0 aromatic heterocycles. The topological polar surface area (TPSA) is 30.5 Å². The Morgan fingerprint density at radius 2 is 2.17 bits per heavy atom. The van der Waals surface area contributed by atoms with Crippen LogP contribution >= 0.6 is 0 Å². The van der Waals surface area contributed by atoms with E-state index in [0.717, 1.165) is 19.7 Å². The van der Waals surface area contributed by atoms with Gasteiger partial charge in [0.25, 0.3) is 0 Å². The Kier molecular flexibility index (Phi) is 3.98. The summed E-state index contributed by atoms with van der Waals surface area (Å²) in [5, 5.41) is 3.28. The highest BCUT2D eigenvalue weighted by Crippen LogP contribution is 2.07. The van der Waals surface area contributed by atoms with Crippen molar-refractivity contribution in [2.75, 3.05) is 19.7 Å². The predicted octanol–water partition coefficient (Wildman–Crippen LogP) is 0.788. The van der Waals surface area contributed by atoms with Crippen LogP contribution < -0.4 is 5.32 Å². The smallest absolute Gasteiger partial charge is 0.0958 e. The average molecular weight is 173 g/mol. The second-order valence-corrected chi connectivity index (χ2v) is 3.50. The molecule has 72 valence electrons. The molecule has 1 aliphatic rings. The molecule has 1 saturated heterocycles. The number of morpholine rings is 1. The van der Waals surface area contributed by atoms with E-state index in [0.29, 0.717) is 0 Å². The third-order valence-corrected chi connectivity index (χ3v) is 1.97. The Labute approximate surface area is 74.4 Å². The van der Waals surface area contributed by atoms with Crippen molar-refractivity contribution < 1.29 is 9.47 Å². The van der Waals surface area contributed by atoms with Crippen LogP contribution in [0.1, 0.15) is 20.8 Å². The molecule has 0 bridgehead atoms. The van der Waals surface area contributed by atoms with Gasteiger partial charge in [-0.3, -0.25) is 0 Å². The Bertz CT molecular complexity index is 122. The van der Waals surface area contributed by atoms with Crippen molar-refractivity contribution in [2.45, 2.75) is 39.1 Å². The quantitative estimate of drug-likeness (QED) is 0.684. The van der Waals surface area contributed by atoms with E-state index in [9.17, 15) is 0 Å². The fourth-order valence-electron chi connectivity index (χ4n) is 1.40. The Morgan fingerprint density at radius 1 is 1.42 bits per heavy atom. The third-order valence-electron chi connectivity index (χ3n) is 1.97. The van der Waals surface area contributed by atoms with Gasteiger partial charge in [-0.2, -0.15) is 0 Å². The standard InChI is InChI=1S/C9H19NO2/c1-7(2)12-8(3)9-6-10-4-5-11-9/h7-10H,4-6H2,1-3H3. The second-order valence-electron chi connectivity index (χ2n) is 3.50. The van der Waals surface area contributed by atoms with Gasteiger partial charge < -0.3 is 14.8 Å². The van der Waals surface area contributed by atoms with Crippen LogP contribution in [0.15, 0.2) is 0 Å². The number of nitrogens with one attached hydrogen (secondary N) is 1. The molecule has 0 amide bonds. The average Bonchev–Trinajstić information content (AvgIpc) is 2.05. The van der Waals surface area contributed by atoms with Gasteiger partial charge in [0.2, 0.25) is 0 Å². The highest BCUT2D eigenvalue weighted by atomic mass is 16.5. The van der Waals surface area contributed by atoms with Crippen LogP contribution in [0, 0.1) is 0 Å². The molecule has 0 spiro atoms. The first kappa shape index (κ1) is 9.96. The summed E-state index contributed by atoms with van der Waals surface area (Å²) in [6, 6.07) is 0. The summed E-state index contributed by atoms with van der Waals surface area (Å²) >= 11 is 0. The van der Waals surface area contributed by atoms with E-state index in [1.807, 2.05) is 13.8 Å². The lowest BCUT2D eigenvalue weighted by molar-refractivity contribution is -0.0938. The van der Waals surface area contributed by atoms with Gasteiger partial charge in [0.05, 0.1) is 24.9 Å². The van der Waals surface area contributed by atoms with Crippen LogP contribution in [0.5, 0.6) is 0 Å². The summed E-state index contributed by atoms with van der Waals surface area (Å²) in [5.74, 6) is 0. The van der Waals surface area contributed by atoms with Crippen LogP contribution in [-0.4, -0.2) is 38.0 Å². The zero-order valence-corrected chi connectivity index (χ0v) is 8.17. The maximum absolute atomic E-state index is 5.62. The molecule has 3 nitrogen and oxygen atoms in total. The van der Waals surface area contributed by atoms with Crippen molar-refractivity contribution in [3.05, 3.63) is 0 Å². The summed E-state index contributed by atoms with van der Waals surface area (Å²) < 4.78 is 11.2. The van der Waals surface area contributed by atoms with Gasteiger partial charge in [-0.25, -0.2) is 0 Å². The van der Waals surface area contributed by atoms with E-state index in [4.69, 9.17) is 9.47 Å². The third kappa shape index (κ3) is 3.09. The molecular weight excluding hydrogens is 154 g/mol. The highest BCUT2D eigenvalue weighted by Gasteiger charge is 2.21. The van der Waals surface area contributed by atoms with E-state index in [2.05, 4.69) is 12.2 Å². The largest absolute Gasteiger partial charge is 0.373 e. The summed E-state index contributed by atoms with van der Waals surface area (Å²) in [7, 11) is 0. The number of rotatable bonds is 3. The van der Waals surface area contributed by atoms with Gasteiger partial charge in [-0.15, -0.1) is 0 Å². The Hall–Kier alpha value is -0.120. The van der Waals surface area contributed by atoms with Crippen LogP contribution in [0.4, 0.5) is 0 Å². The van der Waals surface area contributed by atoms with Crippen molar-refractivity contribution in [3.63, 3.8) is 0 Å². The number of ether oxygens (including phenoxy) is 2. The van der Waals surface area contributed by atoms with Crippen LogP contribution in [0.25, 0.3) is 0 Å². The van der Waals surface area contributed by atoms with E-state index < -0.39 is 0 Å². The lowest BCUT2D eigenvalue weighted by Crippen LogP contribution is -2.45. The SMILES string of the molecule is CC(C)OC(C)C1CNCCO1. The van der Waals surface area contributed by atoms with E-state index in [1.54, 1.807) is 0 Å². The molecule has 2 unspecified atom stereocenters. The van der Waals surface area contributed by atoms with E-state index in [1.165, 1.54) is 0 Å². The molecule has 1 rings (SSSR count). The minimum atomic E-state index is 0.192. The number of hydrogen-bond acceptors (Lipinski definition) is 3. The monoisotopic (exact) mass is 173 g/mol. The molecule has 1 heterocycles. The molecule has 2 atom stereocenters. The summed E-state index contributed by atoms with van der Waals surface area (Å²) in [6.07, 6.45) is 0.699. The predicted molar refractivity (Wildman–Crippen MR) is 48.3 cm³/mol. The molecule has 0 saturated carbocycles. The first-order valence-corrected chi connectivity index (χ1v) is 4.68. The summed E-state index contributed by atoms with van der Waals surface area (Å²) in [4.78, 5) is 0. The van der Waals surface area contributed by atoms with Crippen molar-refractivity contribution >= 4 is 0 Å². The van der Waals surface area contributed by atoms with Gasteiger partial charge >= 0.3 is 0 Å². The zero-order valence-electron chi connectivity index (χ0n) is 8.17. The van der Waals surface area contributed by atoms with Crippen molar-refractivity contribution in [3.8, 4) is 0 Å². The van der Waals surface area contributed by atoms with Crippen LogP contribution in [0.3, 0.4) is 0 Å². The van der Waals surface area contributed by atoms with Gasteiger partial charge in [-0.1, -0.05) is 0 Å². The lowest BCUT2D eigenvalue weighted by atomic mass is 10.2. The highest BCUT2D eigenvalue weighted by molar-refractivity contribution is 4.73. The molecule has 1 N–H and O–H groups in total. The van der Waals surface area contributed by atoms with Gasteiger partial charge in [0.15, 0.2) is 0 Å². The Balaban J connectivity index is 2.24. The molecular formula is C9H19NO2. The molecule has 0 radical (unpaired) electrons. The second kappa shape index (κ2) is 4.80. The van der Waals surface area contributed by atoms with Gasteiger partial charge in [0.1, 0.15) is 0 Å². The summed E-state index contributed by atoms with van der Waals surface area (Å²) in [6.45, 7) is 8.84. The molecule has 0 aromatic carbocycles. The first-order valence-electron chi connectivity index (χ1n) is 4.68. The van der Waals surface area contributed by atoms with Gasteiger partial charge in [0, 0.05) is 13.1 Å². The zero-order chi connectivity index (χ0) is 8.97. The fraction of sp³-hybridized carbons (Fsp3) is 1.00. The first-order chi connectivity index (χ1) is 5.70. The Morgan fingerprint density at radius 3 is 2.67 bits per heavy atom. The molecule has 0 aliphatic carbocycles. The molecule has 12 heavy (non-hydrogen) atoms. The van der Waals surface area contributed by atoms with E-state index in [-0.39, 0.29) is 18.3 Å². The van der Waals surface area contributed by atoms with E-state index >= 15 is 0 Å². The maximum atomic E-state index is 5.62. The van der Waals surface area contributed by atoms with Crippen LogP contribution in [0.2, 0.25) is 0 Å². The molecule has 1 fully saturated rings. The van der Waals surface area contributed by atoms with Crippen molar-refractivity contribution in [1.82, 2.24) is 5.32 Å². The molecule has 0 aromatic rings. The summed E-state index contributed by atoms with van der Waals surface area (Å²) in [5.41, 5.74) is 0. The lowest BCUT2D eigenvalue weighted by Gasteiger charge is -2.29. The molecule has 1 aliphatic heterocycles. The minimum absolute atomic E-state index is 0.192. The molecule has 3 heteroatoms. The number of hydrogen-bond donors (Lipinski definition) is 1. The maximum Gasteiger partial charge on any atom is 0.0958 e. The minimum Gasteiger partial charge on any atom is -0.373 e. The fourth-order valence-corrected chi connectivity index (χ4v) is 1.40. The van der Waals surface area contributed by atoms with Crippen molar-refractivity contribution in [2.24, 2.45) is 0 Å². The van der Waals surface area contributed by atoms with Gasteiger partial charge in [-0.05, 0) is 20.8 Å². The van der Waals surface area contributed by atoms with Crippen molar-refractivity contribution in [1.29, 1.82) is 0 Å².